The molecule has 0 aliphatic rings. The van der Waals surface area contributed by atoms with E-state index in [1.54, 1.807) is 36.5 Å². The number of carbonyl (C=O) groups is 5. The molecule has 4 amide bonds. The van der Waals surface area contributed by atoms with Crippen molar-refractivity contribution >= 4 is 40.5 Å². The Morgan fingerprint density at radius 1 is 0.795 bits per heavy atom. The number of imidazole rings is 1. The number of aromatic nitrogens is 3. The Morgan fingerprint density at radius 2 is 1.43 bits per heavy atom. The van der Waals surface area contributed by atoms with Crippen LogP contribution in [0.5, 0.6) is 0 Å². The molecule has 0 spiro atoms. The van der Waals surface area contributed by atoms with Crippen LogP contribution in [-0.2, 0) is 43.2 Å². The van der Waals surface area contributed by atoms with Gasteiger partial charge in [-0.15, -0.1) is 0 Å². The van der Waals surface area contributed by atoms with Crippen molar-refractivity contribution in [2.75, 3.05) is 0 Å². The molecule has 0 bridgehead atoms. The van der Waals surface area contributed by atoms with Crippen molar-refractivity contribution in [2.24, 2.45) is 11.5 Å². The van der Waals surface area contributed by atoms with Crippen LogP contribution in [0.1, 0.15) is 23.2 Å². The summed E-state index contributed by atoms with van der Waals surface area (Å²) in [7, 11) is 0. The van der Waals surface area contributed by atoms with E-state index in [4.69, 9.17) is 11.5 Å². The van der Waals surface area contributed by atoms with E-state index >= 15 is 0 Å². The maximum absolute atomic E-state index is 13.7. The highest BCUT2D eigenvalue weighted by Crippen LogP contribution is 2.19. The largest absolute Gasteiger partial charge is 0.480 e. The van der Waals surface area contributed by atoms with Crippen LogP contribution < -0.4 is 27.4 Å². The maximum atomic E-state index is 13.7. The minimum absolute atomic E-state index is 0.00896. The second-order valence-corrected chi connectivity index (χ2v) is 10.3. The normalized spacial score (nSPS) is 13.8. The number of carbonyl (C=O) groups excluding carboxylic acids is 4. The third-order valence-corrected chi connectivity index (χ3v) is 7.00. The van der Waals surface area contributed by atoms with Gasteiger partial charge in [0, 0.05) is 48.3 Å². The number of nitrogens with two attached hydrogens (primary N) is 2. The monoisotopic (exact) mass is 602 g/mol. The Bertz CT molecular complexity index is 1600. The van der Waals surface area contributed by atoms with Crippen molar-refractivity contribution in [1.29, 1.82) is 0 Å². The minimum atomic E-state index is -1.30. The Kier molecular flexibility index (Phi) is 10.4. The first-order valence-corrected chi connectivity index (χ1v) is 13.8. The van der Waals surface area contributed by atoms with E-state index in [0.717, 1.165) is 10.9 Å². The van der Waals surface area contributed by atoms with Crippen LogP contribution in [0.2, 0.25) is 0 Å². The third kappa shape index (κ3) is 8.51. The molecule has 10 N–H and O–H groups in total. The zero-order valence-corrected chi connectivity index (χ0v) is 23.7. The number of hydrogen-bond donors (Lipinski definition) is 8. The summed E-state index contributed by atoms with van der Waals surface area (Å²) in [6.07, 6.45) is 4.12. The predicted molar refractivity (Wildman–Crippen MR) is 160 cm³/mol. The van der Waals surface area contributed by atoms with Crippen molar-refractivity contribution in [1.82, 2.24) is 30.9 Å². The van der Waals surface area contributed by atoms with E-state index < -0.39 is 60.2 Å². The molecule has 2 aromatic heterocycles. The van der Waals surface area contributed by atoms with Crippen LogP contribution in [0, 0.1) is 0 Å². The molecule has 2 aromatic carbocycles. The van der Waals surface area contributed by atoms with E-state index in [1.807, 2.05) is 24.3 Å². The maximum Gasteiger partial charge on any atom is 0.326 e. The Balaban J connectivity index is 1.57. The molecule has 44 heavy (non-hydrogen) atoms. The molecule has 14 heteroatoms. The third-order valence-electron chi connectivity index (χ3n) is 7.00. The number of amides is 4. The molecule has 0 saturated carbocycles. The number of primary amides is 1. The molecule has 0 aliphatic heterocycles. The molecule has 4 rings (SSSR count). The van der Waals surface area contributed by atoms with Gasteiger partial charge >= 0.3 is 5.97 Å². The number of hydrogen-bond acceptors (Lipinski definition) is 7. The van der Waals surface area contributed by atoms with Crippen molar-refractivity contribution < 1.29 is 29.1 Å². The lowest BCUT2D eigenvalue weighted by Gasteiger charge is -2.25. The van der Waals surface area contributed by atoms with Crippen molar-refractivity contribution in [3.8, 4) is 0 Å². The molecule has 4 atom stereocenters. The summed E-state index contributed by atoms with van der Waals surface area (Å²) in [6, 6.07) is 11.1. The first kappa shape index (κ1) is 31.4. The van der Waals surface area contributed by atoms with E-state index in [1.165, 1.54) is 12.5 Å². The van der Waals surface area contributed by atoms with Gasteiger partial charge in [-0.3, -0.25) is 19.2 Å². The molecular weight excluding hydrogens is 568 g/mol. The Morgan fingerprint density at radius 3 is 2.09 bits per heavy atom. The number of carboxylic acids is 1. The molecule has 0 fully saturated rings. The van der Waals surface area contributed by atoms with Crippen LogP contribution in [0.3, 0.4) is 0 Å². The molecular formula is C30H34N8O6. The van der Waals surface area contributed by atoms with Crippen molar-refractivity contribution in [3.63, 3.8) is 0 Å². The van der Waals surface area contributed by atoms with Crippen LogP contribution in [0.4, 0.5) is 0 Å². The molecule has 230 valence electrons. The van der Waals surface area contributed by atoms with Gasteiger partial charge < -0.3 is 42.5 Å². The van der Waals surface area contributed by atoms with Gasteiger partial charge in [-0.25, -0.2) is 9.78 Å². The van der Waals surface area contributed by atoms with E-state index in [9.17, 15) is 29.1 Å². The second kappa shape index (κ2) is 14.6. The molecule has 0 radical (unpaired) electrons. The van der Waals surface area contributed by atoms with E-state index in [0.29, 0.717) is 16.8 Å². The van der Waals surface area contributed by atoms with Crippen LogP contribution >= 0.6 is 0 Å². The zero-order chi connectivity index (χ0) is 31.6. The number of carboxylic acid groups (broad SMARTS) is 1. The fourth-order valence-electron chi connectivity index (χ4n) is 4.74. The number of para-hydroxylation sites is 1. The Labute approximate surface area is 252 Å². The Hall–Kier alpha value is -5.50. The van der Waals surface area contributed by atoms with Gasteiger partial charge in [0.1, 0.15) is 18.1 Å². The van der Waals surface area contributed by atoms with Gasteiger partial charge in [-0.05, 0) is 17.2 Å². The fourth-order valence-corrected chi connectivity index (χ4v) is 4.74. The van der Waals surface area contributed by atoms with Gasteiger partial charge in [-0.1, -0.05) is 48.5 Å². The van der Waals surface area contributed by atoms with Gasteiger partial charge in [-0.2, -0.15) is 0 Å². The number of benzene rings is 2. The topological polar surface area (TPSA) is 238 Å². The summed E-state index contributed by atoms with van der Waals surface area (Å²) in [5.74, 6) is -4.30. The van der Waals surface area contributed by atoms with Crippen LogP contribution in [0.15, 0.2) is 73.3 Å². The SMILES string of the molecule is NC(=O)CC(N)C(=O)NC(Cc1c[nH]c2ccccc12)C(=O)NC(Cc1cnc[nH]1)C(=O)NC(Cc1ccccc1)C(=O)O. The highest BCUT2D eigenvalue weighted by Gasteiger charge is 2.31. The van der Waals surface area contributed by atoms with Crippen molar-refractivity contribution in [2.45, 2.75) is 49.9 Å². The summed E-state index contributed by atoms with van der Waals surface area (Å²) in [6.45, 7) is 0. The zero-order valence-electron chi connectivity index (χ0n) is 23.7. The summed E-state index contributed by atoms with van der Waals surface area (Å²) in [5.41, 5.74) is 13.7. The summed E-state index contributed by atoms with van der Waals surface area (Å²) in [4.78, 5) is 73.4. The minimum Gasteiger partial charge on any atom is -0.480 e. The molecule has 0 saturated heterocycles. The van der Waals surface area contributed by atoms with Crippen LogP contribution in [-0.4, -0.2) is 73.8 Å². The van der Waals surface area contributed by atoms with Gasteiger partial charge in [0.15, 0.2) is 0 Å². The number of nitrogens with zero attached hydrogens (tertiary/aromatic N) is 1. The highest BCUT2D eigenvalue weighted by atomic mass is 16.4. The lowest BCUT2D eigenvalue weighted by molar-refractivity contribution is -0.142. The number of aromatic amines is 2. The standard InChI is InChI=1S/C30H34N8O6/c31-21(13-26(32)39)27(40)36-23(11-18-14-34-22-9-5-4-8-20(18)22)28(41)37-24(12-19-15-33-16-35-19)29(42)38-25(30(43)44)10-17-6-2-1-3-7-17/h1-9,14-16,21,23-25,34H,10-13,31H2,(H2,32,39)(H,33,35)(H,36,40)(H,37,41)(H,38,42)(H,43,44). The first-order chi connectivity index (χ1) is 21.1. The number of fused-ring (bicyclic) bond motifs is 1. The van der Waals surface area contributed by atoms with Crippen molar-refractivity contribution in [3.05, 3.63) is 90.1 Å². The molecule has 0 aliphatic carbocycles. The molecule has 4 aromatic rings. The molecule has 2 heterocycles. The fraction of sp³-hybridized carbons (Fsp3) is 0.267. The number of aliphatic carboxylic acids is 1. The second-order valence-electron chi connectivity index (χ2n) is 10.3. The first-order valence-electron chi connectivity index (χ1n) is 13.8. The summed E-state index contributed by atoms with van der Waals surface area (Å²) >= 11 is 0. The van der Waals surface area contributed by atoms with E-state index in [2.05, 4.69) is 30.9 Å². The molecule has 14 nitrogen and oxygen atoms in total. The van der Waals surface area contributed by atoms with Gasteiger partial charge in [0.05, 0.1) is 18.8 Å². The number of H-pyrrole nitrogens is 2. The lowest BCUT2D eigenvalue weighted by Crippen LogP contribution is -2.58. The van der Waals surface area contributed by atoms with E-state index in [-0.39, 0.29) is 19.3 Å². The summed E-state index contributed by atoms with van der Waals surface area (Å²) < 4.78 is 0. The predicted octanol–water partition coefficient (Wildman–Crippen LogP) is -0.339. The van der Waals surface area contributed by atoms with Gasteiger partial charge in [0.2, 0.25) is 23.6 Å². The lowest BCUT2D eigenvalue weighted by atomic mass is 10.0. The van der Waals surface area contributed by atoms with Crippen LogP contribution in [0.25, 0.3) is 10.9 Å². The average Bonchev–Trinajstić information content (AvgIpc) is 3.66. The number of nitrogens with one attached hydrogen (secondary N) is 5. The smallest absolute Gasteiger partial charge is 0.326 e. The van der Waals surface area contributed by atoms with Gasteiger partial charge in [0.25, 0.3) is 0 Å². The summed E-state index contributed by atoms with van der Waals surface area (Å²) in [5, 5.41) is 18.4. The number of rotatable bonds is 15. The quantitative estimate of drug-likeness (QED) is 0.0893. The highest BCUT2D eigenvalue weighted by molar-refractivity contribution is 5.95. The average molecular weight is 603 g/mol. The molecule has 4 unspecified atom stereocenters.